The lowest BCUT2D eigenvalue weighted by Crippen LogP contribution is -2.24. The minimum atomic E-state index is 0.719. The topological polar surface area (TPSA) is 12.0 Å². The lowest BCUT2D eigenvalue weighted by Gasteiger charge is -2.26. The van der Waals surface area contributed by atoms with Gasteiger partial charge in [0.1, 0.15) is 0 Å². The van der Waals surface area contributed by atoms with Gasteiger partial charge in [0.2, 0.25) is 0 Å². The molecule has 0 bridgehead atoms. The molecule has 0 radical (unpaired) electrons. The van der Waals surface area contributed by atoms with E-state index in [0.29, 0.717) is 0 Å². The zero-order valence-corrected chi connectivity index (χ0v) is 9.09. The molecule has 0 aromatic rings. The third-order valence-corrected chi connectivity index (χ3v) is 3.87. The van der Waals surface area contributed by atoms with E-state index in [9.17, 15) is 0 Å². The van der Waals surface area contributed by atoms with Crippen LogP contribution in [0.25, 0.3) is 0 Å². The molecule has 0 saturated carbocycles. The van der Waals surface area contributed by atoms with Crippen LogP contribution in [0.4, 0.5) is 0 Å². The molecule has 0 aliphatic carbocycles. The lowest BCUT2D eigenvalue weighted by molar-refractivity contribution is 0.239. The second-order valence-corrected chi connectivity index (χ2v) is 4.82. The van der Waals surface area contributed by atoms with E-state index < -0.39 is 0 Å². The summed E-state index contributed by atoms with van der Waals surface area (Å²) in [7, 11) is 0. The number of nitrogens with one attached hydrogen (secondary N) is 1. The molecule has 12 heavy (non-hydrogen) atoms. The minimum Gasteiger partial charge on any atom is -0.314 e. The quantitative estimate of drug-likeness (QED) is 0.670. The van der Waals surface area contributed by atoms with Gasteiger partial charge in [0.05, 0.1) is 0 Å². The van der Waals surface area contributed by atoms with Crippen molar-refractivity contribution >= 4 is 0 Å². The Kier molecular flexibility index (Phi) is 3.16. The molecule has 1 saturated heterocycles. The Morgan fingerprint density at radius 3 is 2.08 bits per heavy atom. The summed E-state index contributed by atoms with van der Waals surface area (Å²) < 4.78 is 0. The van der Waals surface area contributed by atoms with E-state index in [1.165, 1.54) is 6.54 Å². The van der Waals surface area contributed by atoms with E-state index in [0.717, 1.165) is 29.7 Å². The number of hydrogen-bond acceptors (Lipinski definition) is 1. The molecule has 0 spiro atoms. The van der Waals surface area contributed by atoms with Crippen molar-refractivity contribution in [3.05, 3.63) is 0 Å². The molecule has 1 nitrogen and oxygen atoms in total. The van der Waals surface area contributed by atoms with Crippen LogP contribution in [-0.2, 0) is 0 Å². The first-order valence-electron chi connectivity index (χ1n) is 5.27. The van der Waals surface area contributed by atoms with Gasteiger partial charge >= 0.3 is 0 Å². The Bertz CT molecular complexity index is 142. The molecule has 0 aromatic heterocycles. The molecular weight excluding hydrogens is 146 g/mol. The van der Waals surface area contributed by atoms with Crippen molar-refractivity contribution in [3.63, 3.8) is 0 Å². The Balaban J connectivity index is 2.53. The molecule has 1 fully saturated rings. The first kappa shape index (κ1) is 10.0. The van der Waals surface area contributed by atoms with Crippen LogP contribution in [0.2, 0.25) is 0 Å². The predicted octanol–water partition coefficient (Wildman–Crippen LogP) is 2.52. The zero-order chi connectivity index (χ0) is 9.30. The molecule has 0 aromatic carbocycles. The third kappa shape index (κ3) is 1.82. The first-order chi connectivity index (χ1) is 5.54. The Labute approximate surface area is 76.9 Å². The van der Waals surface area contributed by atoms with Gasteiger partial charge in [-0.05, 0) is 37.1 Å². The standard InChI is InChI=1S/C11H23N/c1-7(2)8(3)11-6-12-10(5)9(11)4/h7-12H,6H2,1-5H3. The number of rotatable bonds is 2. The Morgan fingerprint density at radius 1 is 1.17 bits per heavy atom. The molecule has 1 rings (SSSR count). The van der Waals surface area contributed by atoms with Crippen LogP contribution < -0.4 is 5.32 Å². The van der Waals surface area contributed by atoms with Crippen molar-refractivity contribution in [3.8, 4) is 0 Å². The summed E-state index contributed by atoms with van der Waals surface area (Å²) in [6.07, 6.45) is 0. The molecule has 72 valence electrons. The van der Waals surface area contributed by atoms with Crippen molar-refractivity contribution in [1.29, 1.82) is 0 Å². The van der Waals surface area contributed by atoms with E-state index in [1.54, 1.807) is 0 Å². The van der Waals surface area contributed by atoms with Gasteiger partial charge in [0, 0.05) is 6.04 Å². The maximum atomic E-state index is 3.56. The van der Waals surface area contributed by atoms with Gasteiger partial charge in [0.25, 0.3) is 0 Å². The average Bonchev–Trinajstić information content (AvgIpc) is 2.32. The molecular formula is C11H23N. The van der Waals surface area contributed by atoms with E-state index in [4.69, 9.17) is 0 Å². The maximum absolute atomic E-state index is 3.56. The van der Waals surface area contributed by atoms with E-state index in [1.807, 2.05) is 0 Å². The van der Waals surface area contributed by atoms with Crippen molar-refractivity contribution in [1.82, 2.24) is 5.32 Å². The molecule has 1 heterocycles. The van der Waals surface area contributed by atoms with Crippen LogP contribution in [0, 0.1) is 23.7 Å². The van der Waals surface area contributed by atoms with Crippen LogP contribution in [0.3, 0.4) is 0 Å². The van der Waals surface area contributed by atoms with Gasteiger partial charge in [-0.25, -0.2) is 0 Å². The minimum absolute atomic E-state index is 0.719. The second kappa shape index (κ2) is 3.78. The summed E-state index contributed by atoms with van der Waals surface area (Å²) in [5.74, 6) is 3.42. The SMILES string of the molecule is CC(C)C(C)C1CNC(C)C1C. The zero-order valence-electron chi connectivity index (χ0n) is 9.09. The van der Waals surface area contributed by atoms with Gasteiger partial charge in [-0.3, -0.25) is 0 Å². The smallest absolute Gasteiger partial charge is 0.00677 e. The molecule has 4 unspecified atom stereocenters. The van der Waals surface area contributed by atoms with Crippen molar-refractivity contribution < 1.29 is 0 Å². The van der Waals surface area contributed by atoms with E-state index in [2.05, 4.69) is 39.9 Å². The van der Waals surface area contributed by atoms with Crippen molar-refractivity contribution in [2.24, 2.45) is 23.7 Å². The fourth-order valence-electron chi connectivity index (χ4n) is 2.22. The first-order valence-corrected chi connectivity index (χ1v) is 5.27. The summed E-state index contributed by atoms with van der Waals surface area (Å²) in [5, 5.41) is 3.56. The van der Waals surface area contributed by atoms with E-state index in [-0.39, 0.29) is 0 Å². The third-order valence-electron chi connectivity index (χ3n) is 3.87. The van der Waals surface area contributed by atoms with Crippen LogP contribution in [0.1, 0.15) is 34.6 Å². The van der Waals surface area contributed by atoms with Gasteiger partial charge < -0.3 is 5.32 Å². The Morgan fingerprint density at radius 2 is 1.75 bits per heavy atom. The normalized spacial score (nSPS) is 39.0. The van der Waals surface area contributed by atoms with Crippen LogP contribution in [0.5, 0.6) is 0 Å². The van der Waals surface area contributed by atoms with Crippen LogP contribution in [-0.4, -0.2) is 12.6 Å². The monoisotopic (exact) mass is 169 g/mol. The fraction of sp³-hybridized carbons (Fsp3) is 1.00. The van der Waals surface area contributed by atoms with Crippen molar-refractivity contribution in [2.75, 3.05) is 6.54 Å². The largest absolute Gasteiger partial charge is 0.314 e. The molecule has 4 atom stereocenters. The summed E-state index contributed by atoms with van der Waals surface area (Å²) in [6.45, 7) is 13.0. The highest BCUT2D eigenvalue weighted by Crippen LogP contribution is 2.32. The summed E-state index contributed by atoms with van der Waals surface area (Å²) in [4.78, 5) is 0. The highest BCUT2D eigenvalue weighted by atomic mass is 15.0. The molecule has 0 amide bonds. The summed E-state index contributed by atoms with van der Waals surface area (Å²) >= 11 is 0. The molecule has 1 N–H and O–H groups in total. The highest BCUT2D eigenvalue weighted by Gasteiger charge is 2.33. The molecule has 1 aliphatic rings. The average molecular weight is 169 g/mol. The van der Waals surface area contributed by atoms with Gasteiger partial charge in [-0.15, -0.1) is 0 Å². The van der Waals surface area contributed by atoms with Gasteiger partial charge in [0.15, 0.2) is 0 Å². The second-order valence-electron chi connectivity index (χ2n) is 4.82. The lowest BCUT2D eigenvalue weighted by atomic mass is 9.78. The predicted molar refractivity (Wildman–Crippen MR) is 54.1 cm³/mol. The number of hydrogen-bond donors (Lipinski definition) is 1. The van der Waals surface area contributed by atoms with Crippen LogP contribution in [0.15, 0.2) is 0 Å². The van der Waals surface area contributed by atoms with E-state index >= 15 is 0 Å². The fourth-order valence-corrected chi connectivity index (χ4v) is 2.22. The van der Waals surface area contributed by atoms with Gasteiger partial charge in [-0.1, -0.05) is 27.7 Å². The maximum Gasteiger partial charge on any atom is 0.00677 e. The summed E-state index contributed by atoms with van der Waals surface area (Å²) in [6, 6.07) is 0.719. The molecule has 1 aliphatic heterocycles. The molecule has 1 heteroatoms. The summed E-state index contributed by atoms with van der Waals surface area (Å²) in [5.41, 5.74) is 0. The Hall–Kier alpha value is -0.0400. The van der Waals surface area contributed by atoms with Crippen molar-refractivity contribution in [2.45, 2.75) is 40.7 Å². The highest BCUT2D eigenvalue weighted by molar-refractivity contribution is 4.88. The van der Waals surface area contributed by atoms with Gasteiger partial charge in [-0.2, -0.15) is 0 Å². The van der Waals surface area contributed by atoms with Crippen LogP contribution >= 0.6 is 0 Å².